The summed E-state index contributed by atoms with van der Waals surface area (Å²) in [7, 11) is 2.12. The van der Waals surface area contributed by atoms with E-state index in [9.17, 15) is 0 Å². The van der Waals surface area contributed by atoms with Gasteiger partial charge in [0.25, 0.3) is 0 Å². The average molecular weight is 298 g/mol. The van der Waals surface area contributed by atoms with E-state index in [1.165, 1.54) is 11.3 Å². The zero-order chi connectivity index (χ0) is 12.6. The van der Waals surface area contributed by atoms with E-state index in [4.69, 9.17) is 4.74 Å². The van der Waals surface area contributed by atoms with Crippen molar-refractivity contribution >= 4 is 21.6 Å². The van der Waals surface area contributed by atoms with Crippen LogP contribution in [0.15, 0.2) is 22.7 Å². The van der Waals surface area contributed by atoms with Crippen LogP contribution in [0.5, 0.6) is 0 Å². The molecule has 0 saturated heterocycles. The van der Waals surface area contributed by atoms with Gasteiger partial charge in [-0.2, -0.15) is 0 Å². The van der Waals surface area contributed by atoms with E-state index in [-0.39, 0.29) is 12.3 Å². The van der Waals surface area contributed by atoms with Crippen molar-refractivity contribution in [2.24, 2.45) is 5.92 Å². The predicted molar refractivity (Wildman–Crippen MR) is 75.4 cm³/mol. The van der Waals surface area contributed by atoms with Gasteiger partial charge in [-0.1, -0.05) is 28.9 Å². The first kappa shape index (κ1) is 12.9. The standard InChI is InChI=1S/C14H20BrNO/c1-9(2)17-14-10(3)7-11-5-6-12(15)8-13(11)16(14)4/h5-6,8-10,14H,7H2,1-4H3. The number of hydrogen-bond acceptors (Lipinski definition) is 2. The van der Waals surface area contributed by atoms with Gasteiger partial charge in [0.15, 0.2) is 0 Å². The Morgan fingerprint density at radius 3 is 2.76 bits per heavy atom. The van der Waals surface area contributed by atoms with Crippen LogP contribution in [-0.4, -0.2) is 19.4 Å². The summed E-state index contributed by atoms with van der Waals surface area (Å²) in [5.74, 6) is 0.524. The summed E-state index contributed by atoms with van der Waals surface area (Å²) in [5, 5.41) is 0. The largest absolute Gasteiger partial charge is 0.355 e. The van der Waals surface area contributed by atoms with Crippen LogP contribution in [-0.2, 0) is 11.2 Å². The van der Waals surface area contributed by atoms with Gasteiger partial charge < -0.3 is 9.64 Å². The molecular weight excluding hydrogens is 278 g/mol. The molecule has 1 aromatic carbocycles. The van der Waals surface area contributed by atoms with Crippen LogP contribution in [0, 0.1) is 5.92 Å². The molecule has 0 amide bonds. The highest BCUT2D eigenvalue weighted by atomic mass is 79.9. The van der Waals surface area contributed by atoms with Crippen molar-refractivity contribution < 1.29 is 4.74 Å². The van der Waals surface area contributed by atoms with Crippen LogP contribution in [0.25, 0.3) is 0 Å². The van der Waals surface area contributed by atoms with Crippen molar-refractivity contribution in [3.63, 3.8) is 0 Å². The molecule has 0 radical (unpaired) electrons. The summed E-state index contributed by atoms with van der Waals surface area (Å²) in [6, 6.07) is 6.50. The van der Waals surface area contributed by atoms with E-state index in [1.54, 1.807) is 0 Å². The van der Waals surface area contributed by atoms with Gasteiger partial charge in [0, 0.05) is 23.1 Å². The lowest BCUT2D eigenvalue weighted by atomic mass is 9.92. The highest BCUT2D eigenvalue weighted by molar-refractivity contribution is 9.10. The summed E-state index contributed by atoms with van der Waals surface area (Å²) in [6.07, 6.45) is 1.53. The third-order valence-electron chi connectivity index (χ3n) is 3.25. The number of fused-ring (bicyclic) bond motifs is 1. The highest BCUT2D eigenvalue weighted by Crippen LogP contribution is 2.35. The number of nitrogens with zero attached hydrogens (tertiary/aromatic N) is 1. The summed E-state index contributed by atoms with van der Waals surface area (Å²) >= 11 is 3.54. The van der Waals surface area contributed by atoms with Crippen molar-refractivity contribution in [2.75, 3.05) is 11.9 Å². The molecule has 1 aromatic rings. The van der Waals surface area contributed by atoms with E-state index >= 15 is 0 Å². The van der Waals surface area contributed by atoms with Crippen molar-refractivity contribution in [3.8, 4) is 0 Å². The van der Waals surface area contributed by atoms with Crippen molar-refractivity contribution in [1.29, 1.82) is 0 Å². The van der Waals surface area contributed by atoms with Crippen molar-refractivity contribution in [3.05, 3.63) is 28.2 Å². The van der Waals surface area contributed by atoms with Gasteiger partial charge in [-0.25, -0.2) is 0 Å². The molecule has 2 unspecified atom stereocenters. The SMILES string of the molecule is CC(C)OC1C(C)Cc2ccc(Br)cc2N1C. The normalized spacial score (nSPS) is 24.0. The lowest BCUT2D eigenvalue weighted by Crippen LogP contribution is -2.45. The minimum atomic E-state index is 0.178. The molecule has 3 heteroatoms. The van der Waals surface area contributed by atoms with E-state index < -0.39 is 0 Å². The lowest BCUT2D eigenvalue weighted by Gasteiger charge is -2.41. The molecule has 1 aliphatic heterocycles. The first-order valence-electron chi connectivity index (χ1n) is 6.15. The zero-order valence-corrected chi connectivity index (χ0v) is 12.5. The first-order valence-corrected chi connectivity index (χ1v) is 6.95. The van der Waals surface area contributed by atoms with Crippen LogP contribution in [0.2, 0.25) is 0 Å². The molecular formula is C14H20BrNO. The second kappa shape index (κ2) is 4.99. The van der Waals surface area contributed by atoms with Crippen molar-refractivity contribution in [2.45, 2.75) is 39.5 Å². The maximum atomic E-state index is 6.02. The van der Waals surface area contributed by atoms with Gasteiger partial charge in [0.1, 0.15) is 6.23 Å². The molecule has 2 nitrogen and oxygen atoms in total. The summed E-state index contributed by atoms with van der Waals surface area (Å²) in [6.45, 7) is 6.45. The van der Waals surface area contributed by atoms with Crippen molar-refractivity contribution in [1.82, 2.24) is 0 Å². The fourth-order valence-corrected chi connectivity index (χ4v) is 2.86. The van der Waals surface area contributed by atoms with E-state index in [1.807, 2.05) is 0 Å². The Morgan fingerprint density at radius 1 is 1.41 bits per heavy atom. The van der Waals surface area contributed by atoms with Crippen LogP contribution in [0.4, 0.5) is 5.69 Å². The topological polar surface area (TPSA) is 12.5 Å². The molecule has 2 atom stereocenters. The molecule has 0 saturated carbocycles. The number of anilines is 1. The van der Waals surface area contributed by atoms with Crippen LogP contribution in [0.3, 0.4) is 0 Å². The Balaban J connectivity index is 2.31. The van der Waals surface area contributed by atoms with Gasteiger partial charge in [-0.05, 0) is 38.0 Å². The summed E-state index contributed by atoms with van der Waals surface area (Å²) < 4.78 is 7.15. The fourth-order valence-electron chi connectivity index (χ4n) is 2.51. The highest BCUT2D eigenvalue weighted by Gasteiger charge is 2.30. The predicted octanol–water partition coefficient (Wildman–Crippen LogP) is 3.83. The first-order chi connectivity index (χ1) is 7.99. The van der Waals surface area contributed by atoms with Crippen LogP contribution in [0.1, 0.15) is 26.3 Å². The molecule has 0 N–H and O–H groups in total. The minimum absolute atomic E-state index is 0.178. The Hall–Kier alpha value is -0.540. The average Bonchev–Trinajstić information content (AvgIpc) is 2.25. The fraction of sp³-hybridized carbons (Fsp3) is 0.571. The Labute approximate surface area is 112 Å². The number of rotatable bonds is 2. The van der Waals surface area contributed by atoms with Gasteiger partial charge in [-0.15, -0.1) is 0 Å². The molecule has 1 aliphatic rings. The molecule has 0 fully saturated rings. The molecule has 0 aliphatic carbocycles. The molecule has 0 spiro atoms. The molecule has 0 aromatic heterocycles. The number of ether oxygens (including phenoxy) is 1. The summed E-state index contributed by atoms with van der Waals surface area (Å²) in [4.78, 5) is 2.26. The van der Waals surface area contributed by atoms with Crippen LogP contribution < -0.4 is 4.90 Å². The number of benzene rings is 1. The van der Waals surface area contributed by atoms with E-state index in [2.05, 4.69) is 66.8 Å². The molecule has 0 bridgehead atoms. The zero-order valence-electron chi connectivity index (χ0n) is 10.9. The number of halogens is 1. The maximum Gasteiger partial charge on any atom is 0.133 e. The molecule has 2 rings (SSSR count). The third kappa shape index (κ3) is 2.66. The lowest BCUT2D eigenvalue weighted by molar-refractivity contribution is -0.0240. The smallest absolute Gasteiger partial charge is 0.133 e. The van der Waals surface area contributed by atoms with Gasteiger partial charge in [0.05, 0.1) is 6.10 Å². The minimum Gasteiger partial charge on any atom is -0.355 e. The Morgan fingerprint density at radius 2 is 2.12 bits per heavy atom. The van der Waals surface area contributed by atoms with Gasteiger partial charge >= 0.3 is 0 Å². The Bertz CT molecular complexity index is 405. The Kier molecular flexibility index (Phi) is 3.79. The maximum absolute atomic E-state index is 6.02. The third-order valence-corrected chi connectivity index (χ3v) is 3.74. The second-order valence-electron chi connectivity index (χ2n) is 5.14. The van der Waals surface area contributed by atoms with Gasteiger partial charge in [0.2, 0.25) is 0 Å². The van der Waals surface area contributed by atoms with Crippen LogP contribution >= 0.6 is 15.9 Å². The number of hydrogen-bond donors (Lipinski definition) is 0. The van der Waals surface area contributed by atoms with E-state index in [0.29, 0.717) is 5.92 Å². The summed E-state index contributed by atoms with van der Waals surface area (Å²) in [5.41, 5.74) is 2.69. The molecule has 1 heterocycles. The van der Waals surface area contributed by atoms with Gasteiger partial charge in [-0.3, -0.25) is 0 Å². The molecule has 94 valence electrons. The van der Waals surface area contributed by atoms with E-state index in [0.717, 1.165) is 10.9 Å². The monoisotopic (exact) mass is 297 g/mol. The quantitative estimate of drug-likeness (QED) is 0.823. The molecule has 17 heavy (non-hydrogen) atoms. The second-order valence-corrected chi connectivity index (χ2v) is 6.06.